The Balaban J connectivity index is 1.83. The molecule has 0 atom stereocenters. The van der Waals surface area contributed by atoms with Crippen LogP contribution in [0.5, 0.6) is 0 Å². The van der Waals surface area contributed by atoms with Gasteiger partial charge in [0, 0.05) is 36.7 Å². The number of amides is 1. The third kappa shape index (κ3) is 5.30. The average Bonchev–Trinajstić information content (AvgIpc) is 3.04. The number of rotatable bonds is 7. The van der Waals surface area contributed by atoms with Crippen molar-refractivity contribution in [2.45, 2.75) is 26.4 Å². The smallest absolute Gasteiger partial charge is 0.341 e. The summed E-state index contributed by atoms with van der Waals surface area (Å²) >= 11 is 1.34. The quantitative estimate of drug-likeness (QED) is 0.534. The summed E-state index contributed by atoms with van der Waals surface area (Å²) in [4.78, 5) is 38.5. The molecule has 1 aromatic carbocycles. The van der Waals surface area contributed by atoms with Gasteiger partial charge in [0.05, 0.1) is 12.2 Å². The van der Waals surface area contributed by atoms with Crippen LogP contribution in [-0.2, 0) is 33.8 Å². The van der Waals surface area contributed by atoms with Gasteiger partial charge < -0.3 is 15.2 Å². The second kappa shape index (κ2) is 9.49. The molecule has 1 aliphatic heterocycles. The molecule has 0 aliphatic carbocycles. The van der Waals surface area contributed by atoms with E-state index in [9.17, 15) is 14.4 Å². The third-order valence-corrected chi connectivity index (χ3v) is 5.61. The lowest BCUT2D eigenvalue weighted by molar-refractivity contribution is -0.131. The zero-order valence-corrected chi connectivity index (χ0v) is 16.8. The van der Waals surface area contributed by atoms with Crippen LogP contribution in [0.3, 0.4) is 0 Å². The summed E-state index contributed by atoms with van der Waals surface area (Å²) in [6.45, 7) is 4.22. The van der Waals surface area contributed by atoms with Crippen molar-refractivity contribution in [3.8, 4) is 0 Å². The van der Waals surface area contributed by atoms with E-state index in [0.717, 1.165) is 35.7 Å². The second-order valence-corrected chi connectivity index (χ2v) is 7.64. The monoisotopic (exact) mass is 414 g/mol. The van der Waals surface area contributed by atoms with Crippen LogP contribution in [-0.4, -0.2) is 41.0 Å². The maximum atomic E-state index is 12.5. The van der Waals surface area contributed by atoms with Crippen molar-refractivity contribution in [2.24, 2.45) is 0 Å². The standard InChI is InChI=1S/C21H22N2O5S/c1-2-28-21(27)19-15-10-11-23(12-14-6-4-3-5-7-14)13-16(15)29-20(19)22-17(24)8-9-18(25)26/h3-9H,2,10-13H2,1H3,(H,22,24)(H,25,26). The molecule has 0 bridgehead atoms. The summed E-state index contributed by atoms with van der Waals surface area (Å²) < 4.78 is 5.19. The van der Waals surface area contributed by atoms with Crippen molar-refractivity contribution in [2.75, 3.05) is 18.5 Å². The van der Waals surface area contributed by atoms with E-state index in [-0.39, 0.29) is 6.61 Å². The number of benzene rings is 1. The van der Waals surface area contributed by atoms with E-state index in [1.54, 1.807) is 6.92 Å². The number of ether oxygens (including phenoxy) is 1. The summed E-state index contributed by atoms with van der Waals surface area (Å²) in [6, 6.07) is 10.2. The van der Waals surface area contributed by atoms with Gasteiger partial charge in [0.2, 0.25) is 5.91 Å². The first-order valence-corrected chi connectivity index (χ1v) is 10.1. The molecule has 152 valence electrons. The highest BCUT2D eigenvalue weighted by molar-refractivity contribution is 7.17. The fourth-order valence-corrected chi connectivity index (χ4v) is 4.52. The molecule has 0 fully saturated rings. The van der Waals surface area contributed by atoms with Crippen molar-refractivity contribution in [3.63, 3.8) is 0 Å². The van der Waals surface area contributed by atoms with Crippen molar-refractivity contribution in [1.82, 2.24) is 4.90 Å². The molecule has 2 N–H and O–H groups in total. The first kappa shape index (κ1) is 20.8. The van der Waals surface area contributed by atoms with E-state index in [0.29, 0.717) is 23.5 Å². The second-order valence-electron chi connectivity index (χ2n) is 6.54. The number of nitrogens with one attached hydrogen (secondary N) is 1. The summed E-state index contributed by atoms with van der Waals surface area (Å²) in [7, 11) is 0. The number of carbonyl (C=O) groups excluding carboxylic acids is 2. The number of nitrogens with zero attached hydrogens (tertiary/aromatic N) is 1. The molecule has 0 radical (unpaired) electrons. The Labute approximate surface area is 172 Å². The van der Waals surface area contributed by atoms with Crippen molar-refractivity contribution in [3.05, 3.63) is 64.1 Å². The Morgan fingerprint density at radius 2 is 2.00 bits per heavy atom. The number of hydrogen-bond donors (Lipinski definition) is 2. The van der Waals surface area contributed by atoms with E-state index in [2.05, 4.69) is 22.3 Å². The average molecular weight is 414 g/mol. The van der Waals surface area contributed by atoms with Crippen LogP contribution in [0, 0.1) is 0 Å². The van der Waals surface area contributed by atoms with Crippen LogP contribution in [0.4, 0.5) is 5.00 Å². The van der Waals surface area contributed by atoms with Gasteiger partial charge in [-0.15, -0.1) is 11.3 Å². The predicted molar refractivity (Wildman–Crippen MR) is 110 cm³/mol. The molecular formula is C21H22N2O5S. The lowest BCUT2D eigenvalue weighted by atomic mass is 10.0. The van der Waals surface area contributed by atoms with Crippen molar-refractivity contribution >= 4 is 34.2 Å². The molecule has 2 heterocycles. The molecule has 8 heteroatoms. The first-order valence-electron chi connectivity index (χ1n) is 9.27. The highest BCUT2D eigenvalue weighted by atomic mass is 32.1. The number of fused-ring (bicyclic) bond motifs is 1. The molecule has 29 heavy (non-hydrogen) atoms. The van der Waals surface area contributed by atoms with Gasteiger partial charge in [0.1, 0.15) is 5.00 Å². The van der Waals surface area contributed by atoms with E-state index in [4.69, 9.17) is 9.84 Å². The van der Waals surface area contributed by atoms with Gasteiger partial charge >= 0.3 is 11.9 Å². The number of esters is 1. The number of carbonyl (C=O) groups is 3. The highest BCUT2D eigenvalue weighted by Gasteiger charge is 2.29. The first-order chi connectivity index (χ1) is 14.0. The topological polar surface area (TPSA) is 95.9 Å². The van der Waals surface area contributed by atoms with Gasteiger partial charge in [0.15, 0.2) is 0 Å². The van der Waals surface area contributed by atoms with Crippen molar-refractivity contribution in [1.29, 1.82) is 0 Å². The fourth-order valence-electron chi connectivity index (χ4n) is 3.24. The molecule has 0 saturated carbocycles. The molecule has 0 spiro atoms. The van der Waals surface area contributed by atoms with E-state index in [1.807, 2.05) is 18.2 Å². The number of aliphatic carboxylic acids is 1. The van der Waals surface area contributed by atoms with Gasteiger partial charge in [-0.1, -0.05) is 30.3 Å². The van der Waals surface area contributed by atoms with Gasteiger partial charge in [-0.3, -0.25) is 9.69 Å². The number of hydrogen-bond acceptors (Lipinski definition) is 6. The van der Waals surface area contributed by atoms with Gasteiger partial charge in [0.25, 0.3) is 0 Å². The lowest BCUT2D eigenvalue weighted by Gasteiger charge is -2.27. The predicted octanol–water partition coefficient (Wildman–Crippen LogP) is 3.06. The Morgan fingerprint density at radius 1 is 1.24 bits per heavy atom. The largest absolute Gasteiger partial charge is 0.478 e. The molecule has 3 rings (SSSR count). The van der Waals surface area contributed by atoms with Crippen LogP contribution in [0.2, 0.25) is 0 Å². The molecule has 1 amide bonds. The Kier molecular flexibility index (Phi) is 6.79. The number of carboxylic acids is 1. The summed E-state index contributed by atoms with van der Waals surface area (Å²) in [5.74, 6) is -2.29. The Hall–Kier alpha value is -2.97. The van der Waals surface area contributed by atoms with E-state index >= 15 is 0 Å². The minimum atomic E-state index is -1.22. The molecule has 0 saturated heterocycles. The summed E-state index contributed by atoms with van der Waals surface area (Å²) in [6.07, 6.45) is 2.36. The van der Waals surface area contributed by atoms with Crippen molar-refractivity contribution < 1.29 is 24.2 Å². The van der Waals surface area contributed by atoms with Crippen LogP contribution in [0.1, 0.15) is 33.3 Å². The van der Waals surface area contributed by atoms with Crippen LogP contribution in [0.15, 0.2) is 42.5 Å². The third-order valence-electron chi connectivity index (χ3n) is 4.48. The zero-order chi connectivity index (χ0) is 20.8. The van der Waals surface area contributed by atoms with Gasteiger partial charge in [-0.05, 0) is 24.5 Å². The van der Waals surface area contributed by atoms with Crippen LogP contribution < -0.4 is 5.32 Å². The lowest BCUT2D eigenvalue weighted by Crippen LogP contribution is -2.29. The van der Waals surface area contributed by atoms with Gasteiger partial charge in [-0.2, -0.15) is 0 Å². The molecule has 1 aromatic heterocycles. The highest BCUT2D eigenvalue weighted by Crippen LogP contribution is 2.38. The minimum absolute atomic E-state index is 0.232. The zero-order valence-electron chi connectivity index (χ0n) is 16.0. The molecule has 0 unspecified atom stereocenters. The minimum Gasteiger partial charge on any atom is -0.478 e. The van der Waals surface area contributed by atoms with Crippen LogP contribution in [0.25, 0.3) is 0 Å². The molecule has 2 aromatic rings. The van der Waals surface area contributed by atoms with Crippen LogP contribution >= 0.6 is 11.3 Å². The SMILES string of the molecule is CCOC(=O)c1c(NC(=O)C=CC(=O)O)sc2c1CCN(Cc1ccccc1)C2. The summed E-state index contributed by atoms with van der Waals surface area (Å²) in [5.41, 5.74) is 2.49. The molecule has 1 aliphatic rings. The number of carboxylic acid groups (broad SMARTS) is 1. The number of anilines is 1. The fraction of sp³-hybridized carbons (Fsp3) is 0.286. The molecular weight excluding hydrogens is 392 g/mol. The van der Waals surface area contributed by atoms with E-state index in [1.165, 1.54) is 16.9 Å². The maximum Gasteiger partial charge on any atom is 0.341 e. The molecule has 7 nitrogen and oxygen atoms in total. The van der Waals surface area contributed by atoms with E-state index < -0.39 is 17.8 Å². The maximum absolute atomic E-state index is 12.5. The Bertz CT molecular complexity index is 936. The van der Waals surface area contributed by atoms with Gasteiger partial charge in [-0.25, -0.2) is 9.59 Å². The number of thiophene rings is 1. The Morgan fingerprint density at radius 3 is 2.69 bits per heavy atom. The normalized spacial score (nSPS) is 13.8. The summed E-state index contributed by atoms with van der Waals surface area (Å²) in [5, 5.41) is 11.7.